The number of nitrogens with zero attached hydrogens (tertiary/aromatic N) is 4. The maximum atomic E-state index is 15.4. The number of ether oxygens (including phenoxy) is 3. The first kappa shape index (κ1) is 32.4. The maximum Gasteiger partial charge on any atom is 0.261 e. The predicted octanol–water partition coefficient (Wildman–Crippen LogP) is 7.97. The largest absolute Gasteiger partial charge is 0.506 e. The number of aromatic nitrogens is 3. The van der Waals surface area contributed by atoms with Gasteiger partial charge >= 0.3 is 0 Å². The molecule has 12 heteroatoms. The molecule has 10 nitrogen and oxygen atoms in total. The van der Waals surface area contributed by atoms with Gasteiger partial charge in [-0.3, -0.25) is 14.8 Å². The molecule has 0 bridgehead atoms. The van der Waals surface area contributed by atoms with E-state index in [0.29, 0.717) is 47.1 Å². The molecule has 0 atom stereocenters. The molecule has 1 aliphatic heterocycles. The molecule has 1 amide bonds. The highest BCUT2D eigenvalue weighted by Crippen LogP contribution is 2.36. The number of rotatable bonds is 8. The fourth-order valence-electron chi connectivity index (χ4n) is 5.69. The summed E-state index contributed by atoms with van der Waals surface area (Å²) in [5.74, 6) is -1.14. The van der Waals surface area contributed by atoms with Crippen molar-refractivity contribution in [3.05, 3.63) is 120 Å². The topological polar surface area (TPSA) is 119 Å². The molecule has 6 aromatic rings. The second kappa shape index (κ2) is 13.8. The number of aryl methyl sites for hydroxylation is 2. The second-order valence-electron chi connectivity index (χ2n) is 11.7. The number of anilines is 2. The van der Waals surface area contributed by atoms with E-state index in [-0.39, 0.29) is 34.1 Å². The van der Waals surface area contributed by atoms with Gasteiger partial charge < -0.3 is 29.5 Å². The lowest BCUT2D eigenvalue weighted by atomic mass is 10.0. The van der Waals surface area contributed by atoms with Crippen LogP contribution < -0.4 is 19.7 Å². The van der Waals surface area contributed by atoms with E-state index in [0.717, 1.165) is 30.4 Å². The van der Waals surface area contributed by atoms with Gasteiger partial charge in [0.25, 0.3) is 5.91 Å². The zero-order valence-corrected chi connectivity index (χ0v) is 27.1. The van der Waals surface area contributed by atoms with Crippen LogP contribution in [0.2, 0.25) is 0 Å². The number of carbonyl (C=O) groups is 1. The molecule has 0 aliphatic carbocycles. The smallest absolute Gasteiger partial charge is 0.261 e. The molecule has 0 spiro atoms. The first-order chi connectivity index (χ1) is 24.2. The van der Waals surface area contributed by atoms with E-state index in [1.54, 1.807) is 19.2 Å². The normalized spacial score (nSPS) is 12.9. The summed E-state index contributed by atoms with van der Waals surface area (Å²) in [6.45, 7) is 6.45. The Hall–Kier alpha value is -6.14. The van der Waals surface area contributed by atoms with Crippen LogP contribution in [0.4, 0.5) is 20.2 Å². The molecule has 7 rings (SSSR count). The Balaban J connectivity index is 1.10. The van der Waals surface area contributed by atoms with Crippen LogP contribution in [-0.2, 0) is 4.74 Å². The molecule has 50 heavy (non-hydrogen) atoms. The quantitative estimate of drug-likeness (QED) is 0.166. The Morgan fingerprint density at radius 2 is 1.72 bits per heavy atom. The fraction of sp³-hybridized carbons (Fsp3) is 0.158. The minimum atomic E-state index is -0.755. The first-order valence-corrected chi connectivity index (χ1v) is 15.8. The molecule has 1 fully saturated rings. The highest BCUT2D eigenvalue weighted by atomic mass is 19.1. The molecule has 1 aliphatic rings. The third-order valence-corrected chi connectivity index (χ3v) is 8.26. The monoisotopic (exact) mass is 675 g/mol. The molecule has 0 radical (unpaired) electrons. The summed E-state index contributed by atoms with van der Waals surface area (Å²) < 4.78 is 46.6. The van der Waals surface area contributed by atoms with Crippen LogP contribution in [-0.4, -0.2) is 52.3 Å². The van der Waals surface area contributed by atoms with Crippen molar-refractivity contribution in [2.75, 3.05) is 36.5 Å². The van der Waals surface area contributed by atoms with Gasteiger partial charge in [-0.25, -0.2) is 13.8 Å². The Kier molecular flexibility index (Phi) is 8.92. The number of pyridine rings is 3. The molecular weight excluding hydrogens is 644 g/mol. The van der Waals surface area contributed by atoms with Crippen molar-refractivity contribution in [3.63, 3.8) is 0 Å². The van der Waals surface area contributed by atoms with Crippen molar-refractivity contribution in [1.82, 2.24) is 15.0 Å². The minimum absolute atomic E-state index is 0.114. The number of hydrogen-bond donors (Lipinski definition) is 2. The zero-order valence-electron chi connectivity index (χ0n) is 27.1. The number of carbonyl (C=O) groups excluding carboxylic acids is 1. The van der Waals surface area contributed by atoms with Crippen LogP contribution in [0, 0.1) is 25.5 Å². The van der Waals surface area contributed by atoms with E-state index in [4.69, 9.17) is 19.2 Å². The number of halogens is 2. The van der Waals surface area contributed by atoms with Gasteiger partial charge in [0, 0.05) is 71.9 Å². The molecule has 2 N–H and O–H groups in total. The molecule has 3 aromatic carbocycles. The summed E-state index contributed by atoms with van der Waals surface area (Å²) in [7, 11) is 0. The Bertz CT molecular complexity index is 2230. The zero-order chi connectivity index (χ0) is 34.8. The highest BCUT2D eigenvalue weighted by molar-refractivity contribution is 6.07. The minimum Gasteiger partial charge on any atom is -0.506 e. The summed E-state index contributed by atoms with van der Waals surface area (Å²) in [4.78, 5) is 28.7. The summed E-state index contributed by atoms with van der Waals surface area (Å²) in [6, 6.07) is 20.6. The Morgan fingerprint density at radius 1 is 0.920 bits per heavy atom. The van der Waals surface area contributed by atoms with Crippen LogP contribution in [0.3, 0.4) is 0 Å². The molecule has 252 valence electrons. The number of fused-ring (bicyclic) bond motifs is 1. The molecule has 1 saturated heterocycles. The van der Waals surface area contributed by atoms with Crippen molar-refractivity contribution in [2.45, 2.75) is 13.8 Å². The van der Waals surface area contributed by atoms with Gasteiger partial charge in [0.05, 0.1) is 18.7 Å². The first-order valence-electron chi connectivity index (χ1n) is 15.8. The van der Waals surface area contributed by atoms with Crippen LogP contribution in [0.5, 0.6) is 28.9 Å². The highest BCUT2D eigenvalue weighted by Gasteiger charge is 2.20. The van der Waals surface area contributed by atoms with Crippen molar-refractivity contribution >= 4 is 28.3 Å². The number of aromatic hydroxyl groups is 1. The molecule has 3 aromatic heterocycles. The van der Waals surface area contributed by atoms with Crippen molar-refractivity contribution in [1.29, 1.82) is 0 Å². The lowest BCUT2D eigenvalue weighted by Crippen LogP contribution is -2.36. The van der Waals surface area contributed by atoms with E-state index < -0.39 is 17.5 Å². The SMILES string of the molecule is Cc1cc2nccc(Oc3ccc(NC(=O)c4cnc(C)c(-c5ccc(F)cc5)c4O)cc3F)c2nc1Oc1cccc(N2CCOCC2)c1. The maximum absolute atomic E-state index is 15.4. The average Bonchev–Trinajstić information content (AvgIpc) is 3.11. The van der Waals surface area contributed by atoms with Gasteiger partial charge in [0.1, 0.15) is 28.4 Å². The van der Waals surface area contributed by atoms with E-state index in [1.165, 1.54) is 42.6 Å². The number of hydrogen-bond acceptors (Lipinski definition) is 9. The van der Waals surface area contributed by atoms with Crippen LogP contribution in [0.15, 0.2) is 91.3 Å². The van der Waals surface area contributed by atoms with Gasteiger partial charge in [0.2, 0.25) is 5.88 Å². The summed E-state index contributed by atoms with van der Waals surface area (Å²) >= 11 is 0. The van der Waals surface area contributed by atoms with E-state index >= 15 is 4.39 Å². The number of amides is 1. The number of benzene rings is 3. The lowest BCUT2D eigenvalue weighted by Gasteiger charge is -2.29. The van der Waals surface area contributed by atoms with Crippen LogP contribution in [0.1, 0.15) is 21.6 Å². The van der Waals surface area contributed by atoms with Crippen LogP contribution >= 0.6 is 0 Å². The molecular formula is C38H31F2N5O5. The van der Waals surface area contributed by atoms with E-state index in [1.807, 2.05) is 37.3 Å². The standard InChI is InChI=1S/C38H31F2N5O5/c1-22-18-31-35(44-38(22)49-28-5-3-4-27(20-28)45-14-16-48-17-15-45)33(12-13-41-31)50-32-11-10-26(19-30(32)40)43-37(47)29-21-42-23(2)34(36(29)46)24-6-8-25(39)9-7-24/h3-13,18-21H,14-17H2,1-2H3,(H,42,46)(H,43,47). The van der Waals surface area contributed by atoms with Gasteiger partial charge in [-0.05, 0) is 61.9 Å². The summed E-state index contributed by atoms with van der Waals surface area (Å²) in [6.07, 6.45) is 2.77. The summed E-state index contributed by atoms with van der Waals surface area (Å²) in [5, 5.41) is 13.5. The molecule has 0 saturated carbocycles. The van der Waals surface area contributed by atoms with Gasteiger partial charge in [0.15, 0.2) is 17.3 Å². The van der Waals surface area contributed by atoms with Crippen LogP contribution in [0.25, 0.3) is 22.2 Å². The number of nitrogens with one attached hydrogen (secondary N) is 1. The number of morpholine rings is 1. The van der Waals surface area contributed by atoms with Crippen molar-refractivity contribution < 1.29 is 32.9 Å². The van der Waals surface area contributed by atoms with Crippen molar-refractivity contribution in [2.24, 2.45) is 0 Å². The molecule has 0 unspecified atom stereocenters. The Labute approximate surface area is 285 Å². The van der Waals surface area contributed by atoms with E-state index in [9.17, 15) is 14.3 Å². The molecule has 4 heterocycles. The average molecular weight is 676 g/mol. The lowest BCUT2D eigenvalue weighted by molar-refractivity contribution is 0.102. The summed E-state index contributed by atoms with van der Waals surface area (Å²) in [5.41, 5.74) is 3.88. The predicted molar refractivity (Wildman–Crippen MR) is 184 cm³/mol. The fourth-order valence-corrected chi connectivity index (χ4v) is 5.69. The van der Waals surface area contributed by atoms with Crippen molar-refractivity contribution in [3.8, 4) is 40.0 Å². The van der Waals surface area contributed by atoms with E-state index in [2.05, 4.69) is 20.2 Å². The van der Waals surface area contributed by atoms with Gasteiger partial charge in [-0.1, -0.05) is 18.2 Å². The Morgan fingerprint density at radius 3 is 2.50 bits per heavy atom. The van der Waals surface area contributed by atoms with Gasteiger partial charge in [-0.15, -0.1) is 0 Å². The third-order valence-electron chi connectivity index (χ3n) is 8.26. The second-order valence-corrected chi connectivity index (χ2v) is 11.7. The third kappa shape index (κ3) is 6.74. The van der Waals surface area contributed by atoms with Gasteiger partial charge in [-0.2, -0.15) is 0 Å².